The first-order chi connectivity index (χ1) is 7.26. The predicted octanol–water partition coefficient (Wildman–Crippen LogP) is 4.39. The monoisotopic (exact) mass is 202 g/mol. The lowest BCUT2D eigenvalue weighted by molar-refractivity contribution is 0.720. The molecule has 15 heavy (non-hydrogen) atoms. The summed E-state index contributed by atoms with van der Waals surface area (Å²) in [5.74, 6) is 0.650. The maximum atomic E-state index is 2.31. The van der Waals surface area contributed by atoms with Gasteiger partial charge < -0.3 is 0 Å². The zero-order valence-corrected chi connectivity index (χ0v) is 10.2. The van der Waals surface area contributed by atoms with E-state index in [9.17, 15) is 0 Å². The van der Waals surface area contributed by atoms with Gasteiger partial charge in [-0.15, -0.1) is 0 Å². The lowest BCUT2D eigenvalue weighted by Crippen LogP contribution is -1.96. The molecule has 1 rings (SSSR count). The molecule has 0 saturated carbocycles. The molecule has 1 aromatic carbocycles. The molecule has 82 valence electrons. The van der Waals surface area contributed by atoms with E-state index in [2.05, 4.69) is 57.2 Å². The molecule has 1 atom stereocenters. The normalized spacial score (nSPS) is 13.3. The highest BCUT2D eigenvalue weighted by molar-refractivity contribution is 5.23. The van der Waals surface area contributed by atoms with Gasteiger partial charge in [-0.25, -0.2) is 0 Å². The van der Waals surface area contributed by atoms with E-state index in [0.29, 0.717) is 5.92 Å². The third-order valence-electron chi connectivity index (χ3n) is 2.69. The van der Waals surface area contributed by atoms with Gasteiger partial charge in [0.2, 0.25) is 0 Å². The molecule has 1 aromatic rings. The Balaban J connectivity index is 2.53. The highest BCUT2D eigenvalue weighted by atomic mass is 14.0. The van der Waals surface area contributed by atoms with Crippen LogP contribution in [-0.2, 0) is 12.8 Å². The van der Waals surface area contributed by atoms with E-state index in [1.165, 1.54) is 11.1 Å². The molecule has 0 heteroatoms. The Hall–Kier alpha value is -1.04. The van der Waals surface area contributed by atoms with Crippen molar-refractivity contribution < 1.29 is 0 Å². The minimum Gasteiger partial charge on any atom is -0.0885 e. The molecule has 1 unspecified atom stereocenters. The Kier molecular flexibility index (Phi) is 5.17. The van der Waals surface area contributed by atoms with Crippen molar-refractivity contribution in [2.75, 3.05) is 0 Å². The summed E-state index contributed by atoms with van der Waals surface area (Å²) in [4.78, 5) is 0. The summed E-state index contributed by atoms with van der Waals surface area (Å²) in [6.45, 7) is 6.65. The highest BCUT2D eigenvalue weighted by Gasteiger charge is 1.99. The van der Waals surface area contributed by atoms with Crippen molar-refractivity contribution in [3.05, 3.63) is 47.5 Å². The molecular formula is C15H22. The number of allylic oxidation sites excluding steroid dienone is 2. The molecule has 0 radical (unpaired) electrons. The van der Waals surface area contributed by atoms with E-state index < -0.39 is 0 Å². The third-order valence-corrected chi connectivity index (χ3v) is 2.69. The maximum absolute atomic E-state index is 2.31. The number of hydrogen-bond donors (Lipinski definition) is 0. The van der Waals surface area contributed by atoms with Crippen LogP contribution in [0.4, 0.5) is 0 Å². The van der Waals surface area contributed by atoms with Gasteiger partial charge >= 0.3 is 0 Å². The van der Waals surface area contributed by atoms with Crippen molar-refractivity contribution in [2.45, 2.75) is 40.0 Å². The van der Waals surface area contributed by atoms with Crippen molar-refractivity contribution in [2.24, 2.45) is 5.92 Å². The average molecular weight is 202 g/mol. The number of benzene rings is 1. The van der Waals surface area contributed by atoms with E-state index in [4.69, 9.17) is 0 Å². The summed E-state index contributed by atoms with van der Waals surface area (Å²) >= 11 is 0. The van der Waals surface area contributed by atoms with Crippen LogP contribution in [0.15, 0.2) is 36.4 Å². The first-order valence-electron chi connectivity index (χ1n) is 6.00. The van der Waals surface area contributed by atoms with Crippen molar-refractivity contribution in [1.29, 1.82) is 0 Å². The van der Waals surface area contributed by atoms with Crippen LogP contribution in [0.25, 0.3) is 0 Å². The van der Waals surface area contributed by atoms with Crippen LogP contribution in [0.1, 0.15) is 38.3 Å². The molecule has 0 spiro atoms. The minimum absolute atomic E-state index is 0.650. The SMILES string of the molecule is CC/C=C\C(C)Cc1ccc(CC)cc1. The Labute approximate surface area is 94.0 Å². The Morgan fingerprint density at radius 3 is 2.20 bits per heavy atom. The highest BCUT2D eigenvalue weighted by Crippen LogP contribution is 2.11. The van der Waals surface area contributed by atoms with Gasteiger partial charge in [-0.2, -0.15) is 0 Å². The molecule has 0 aliphatic carbocycles. The topological polar surface area (TPSA) is 0 Å². The second-order valence-corrected chi connectivity index (χ2v) is 4.19. The standard InChI is InChI=1S/C15H22/c1-4-6-7-13(3)12-15-10-8-14(5-2)9-11-15/h6-11,13H,4-5,12H2,1-3H3/b7-6-. The van der Waals surface area contributed by atoms with E-state index in [1.54, 1.807) is 0 Å². The summed E-state index contributed by atoms with van der Waals surface area (Å²) in [5, 5.41) is 0. The van der Waals surface area contributed by atoms with Crippen molar-refractivity contribution >= 4 is 0 Å². The summed E-state index contributed by atoms with van der Waals surface area (Å²) in [6, 6.07) is 9.00. The summed E-state index contributed by atoms with van der Waals surface area (Å²) < 4.78 is 0. The molecule has 0 saturated heterocycles. The summed E-state index contributed by atoms with van der Waals surface area (Å²) in [5.41, 5.74) is 2.87. The molecular weight excluding hydrogens is 180 g/mol. The smallest absolute Gasteiger partial charge is 0.0218 e. The fourth-order valence-electron chi connectivity index (χ4n) is 1.72. The van der Waals surface area contributed by atoms with Crippen LogP contribution >= 0.6 is 0 Å². The van der Waals surface area contributed by atoms with Crippen molar-refractivity contribution in [1.82, 2.24) is 0 Å². The largest absolute Gasteiger partial charge is 0.0885 e. The Bertz CT molecular complexity index is 292. The zero-order chi connectivity index (χ0) is 11.1. The molecule has 0 aliphatic rings. The maximum Gasteiger partial charge on any atom is -0.0218 e. The van der Waals surface area contributed by atoms with Gasteiger partial charge in [-0.05, 0) is 36.3 Å². The van der Waals surface area contributed by atoms with Crippen LogP contribution in [0.5, 0.6) is 0 Å². The van der Waals surface area contributed by atoms with Gasteiger partial charge in [-0.1, -0.05) is 57.2 Å². The summed E-state index contributed by atoms with van der Waals surface area (Å²) in [6.07, 6.45) is 7.99. The number of hydrogen-bond acceptors (Lipinski definition) is 0. The molecule has 0 aromatic heterocycles. The van der Waals surface area contributed by atoms with E-state index in [1.807, 2.05) is 0 Å². The van der Waals surface area contributed by atoms with Gasteiger partial charge in [0.15, 0.2) is 0 Å². The quantitative estimate of drug-likeness (QED) is 0.621. The van der Waals surface area contributed by atoms with Crippen LogP contribution in [0, 0.1) is 5.92 Å². The van der Waals surface area contributed by atoms with E-state index in [-0.39, 0.29) is 0 Å². The van der Waals surface area contributed by atoms with E-state index >= 15 is 0 Å². The average Bonchev–Trinajstić information content (AvgIpc) is 2.27. The lowest BCUT2D eigenvalue weighted by atomic mass is 9.99. The van der Waals surface area contributed by atoms with Crippen LogP contribution in [-0.4, -0.2) is 0 Å². The molecule has 0 N–H and O–H groups in total. The van der Waals surface area contributed by atoms with Gasteiger partial charge in [-0.3, -0.25) is 0 Å². The first kappa shape index (κ1) is 12.0. The summed E-state index contributed by atoms with van der Waals surface area (Å²) in [7, 11) is 0. The van der Waals surface area contributed by atoms with Crippen LogP contribution < -0.4 is 0 Å². The molecule has 0 bridgehead atoms. The van der Waals surface area contributed by atoms with Crippen molar-refractivity contribution in [3.63, 3.8) is 0 Å². The van der Waals surface area contributed by atoms with Gasteiger partial charge in [0.25, 0.3) is 0 Å². The number of aryl methyl sites for hydroxylation is 1. The second-order valence-electron chi connectivity index (χ2n) is 4.19. The van der Waals surface area contributed by atoms with E-state index in [0.717, 1.165) is 19.3 Å². The van der Waals surface area contributed by atoms with Gasteiger partial charge in [0.05, 0.1) is 0 Å². The minimum atomic E-state index is 0.650. The zero-order valence-electron chi connectivity index (χ0n) is 10.2. The lowest BCUT2D eigenvalue weighted by Gasteiger charge is -2.07. The third kappa shape index (κ3) is 4.33. The molecule has 0 aliphatic heterocycles. The first-order valence-corrected chi connectivity index (χ1v) is 6.00. The van der Waals surface area contributed by atoms with Crippen LogP contribution in [0.2, 0.25) is 0 Å². The predicted molar refractivity (Wildman–Crippen MR) is 68.1 cm³/mol. The van der Waals surface area contributed by atoms with Crippen molar-refractivity contribution in [3.8, 4) is 0 Å². The molecule has 0 heterocycles. The molecule has 0 amide bonds. The fourth-order valence-corrected chi connectivity index (χ4v) is 1.72. The Morgan fingerprint density at radius 1 is 1.07 bits per heavy atom. The van der Waals surface area contributed by atoms with Crippen LogP contribution in [0.3, 0.4) is 0 Å². The fraction of sp³-hybridized carbons (Fsp3) is 0.467. The number of rotatable bonds is 5. The molecule has 0 nitrogen and oxygen atoms in total. The molecule has 0 fully saturated rings. The van der Waals surface area contributed by atoms with Gasteiger partial charge in [0, 0.05) is 0 Å². The Morgan fingerprint density at radius 2 is 1.67 bits per heavy atom. The second kappa shape index (κ2) is 6.44. The van der Waals surface area contributed by atoms with Gasteiger partial charge in [0.1, 0.15) is 0 Å².